The summed E-state index contributed by atoms with van der Waals surface area (Å²) in [6, 6.07) is 8.30. The number of methoxy groups -OCH3 is 2. The highest BCUT2D eigenvalue weighted by Gasteiger charge is 2.10. The van der Waals surface area contributed by atoms with Crippen molar-refractivity contribution in [3.63, 3.8) is 0 Å². The molecule has 0 spiro atoms. The van der Waals surface area contributed by atoms with Gasteiger partial charge in [0.05, 0.1) is 14.2 Å². The molecule has 114 valence electrons. The lowest BCUT2D eigenvalue weighted by molar-refractivity contribution is 0.354. The second kappa shape index (κ2) is 7.13. The van der Waals surface area contributed by atoms with Crippen molar-refractivity contribution in [2.24, 2.45) is 7.05 Å². The number of aromatic nitrogens is 2. The van der Waals surface area contributed by atoms with Crippen molar-refractivity contribution >= 4 is 0 Å². The average molecular weight is 289 g/mol. The Balaban J connectivity index is 1.94. The Morgan fingerprint density at radius 1 is 1.19 bits per heavy atom. The molecule has 0 aliphatic heterocycles. The topological polar surface area (TPSA) is 48.3 Å². The summed E-state index contributed by atoms with van der Waals surface area (Å²) >= 11 is 0. The molecular formula is C16H23N3O2. The molecule has 0 fully saturated rings. The van der Waals surface area contributed by atoms with Gasteiger partial charge in [-0.15, -0.1) is 0 Å². The van der Waals surface area contributed by atoms with E-state index >= 15 is 0 Å². The van der Waals surface area contributed by atoms with Crippen LogP contribution in [0, 0.1) is 0 Å². The zero-order chi connectivity index (χ0) is 15.2. The third-order valence-electron chi connectivity index (χ3n) is 3.66. The van der Waals surface area contributed by atoms with Crippen LogP contribution in [0.2, 0.25) is 0 Å². The van der Waals surface area contributed by atoms with E-state index in [9.17, 15) is 0 Å². The van der Waals surface area contributed by atoms with Gasteiger partial charge in [-0.1, -0.05) is 6.07 Å². The first-order valence-electron chi connectivity index (χ1n) is 7.08. The highest BCUT2D eigenvalue weighted by Crippen LogP contribution is 2.29. The van der Waals surface area contributed by atoms with Gasteiger partial charge < -0.3 is 14.8 Å². The van der Waals surface area contributed by atoms with Gasteiger partial charge in [0.2, 0.25) is 0 Å². The Morgan fingerprint density at radius 3 is 2.57 bits per heavy atom. The third kappa shape index (κ3) is 3.76. The molecule has 0 radical (unpaired) electrons. The lowest BCUT2D eigenvalue weighted by Crippen LogP contribution is -2.22. The van der Waals surface area contributed by atoms with Crippen LogP contribution in [0.4, 0.5) is 0 Å². The van der Waals surface area contributed by atoms with Crippen molar-refractivity contribution in [1.29, 1.82) is 0 Å². The van der Waals surface area contributed by atoms with Gasteiger partial charge in [0.15, 0.2) is 11.5 Å². The fourth-order valence-corrected chi connectivity index (χ4v) is 2.30. The summed E-state index contributed by atoms with van der Waals surface area (Å²) in [7, 11) is 5.27. The van der Waals surface area contributed by atoms with Gasteiger partial charge in [-0.05, 0) is 30.7 Å². The van der Waals surface area contributed by atoms with Crippen LogP contribution in [0.1, 0.15) is 24.2 Å². The molecule has 5 nitrogen and oxygen atoms in total. The van der Waals surface area contributed by atoms with E-state index in [4.69, 9.17) is 9.47 Å². The predicted octanol–water partition coefficient (Wildman–Crippen LogP) is 2.33. The second-order valence-corrected chi connectivity index (χ2v) is 4.99. The van der Waals surface area contributed by atoms with Crippen LogP contribution in [-0.2, 0) is 13.5 Å². The molecule has 0 amide bonds. The van der Waals surface area contributed by atoms with Crippen molar-refractivity contribution in [3.05, 3.63) is 41.7 Å². The van der Waals surface area contributed by atoms with Crippen molar-refractivity contribution < 1.29 is 9.47 Å². The van der Waals surface area contributed by atoms with E-state index in [1.807, 2.05) is 36.1 Å². The van der Waals surface area contributed by atoms with Crippen molar-refractivity contribution in [2.45, 2.75) is 19.4 Å². The number of aryl methyl sites for hydroxylation is 1. The van der Waals surface area contributed by atoms with Crippen molar-refractivity contribution in [1.82, 2.24) is 15.1 Å². The fraction of sp³-hybridized carbons (Fsp3) is 0.438. The quantitative estimate of drug-likeness (QED) is 0.850. The maximum absolute atomic E-state index is 5.34. The molecule has 0 aliphatic carbocycles. The van der Waals surface area contributed by atoms with E-state index in [1.54, 1.807) is 14.2 Å². The number of nitrogens with one attached hydrogen (secondary N) is 1. The first-order valence-corrected chi connectivity index (χ1v) is 7.08. The van der Waals surface area contributed by atoms with E-state index < -0.39 is 0 Å². The van der Waals surface area contributed by atoms with E-state index in [0.717, 1.165) is 24.5 Å². The van der Waals surface area contributed by atoms with Crippen molar-refractivity contribution in [2.75, 3.05) is 20.8 Å². The Hall–Kier alpha value is -2.01. The largest absolute Gasteiger partial charge is 0.493 e. The number of benzene rings is 1. The van der Waals surface area contributed by atoms with Crippen LogP contribution in [0.25, 0.3) is 0 Å². The highest BCUT2D eigenvalue weighted by atomic mass is 16.5. The highest BCUT2D eigenvalue weighted by molar-refractivity contribution is 5.43. The van der Waals surface area contributed by atoms with Crippen LogP contribution in [0.15, 0.2) is 30.5 Å². The Bertz CT molecular complexity index is 581. The minimum atomic E-state index is 0.248. The molecule has 5 heteroatoms. The fourth-order valence-electron chi connectivity index (χ4n) is 2.30. The molecular weight excluding hydrogens is 266 g/mol. The number of ether oxygens (including phenoxy) is 2. The van der Waals surface area contributed by atoms with E-state index in [2.05, 4.69) is 23.4 Å². The zero-order valence-corrected chi connectivity index (χ0v) is 13.1. The minimum Gasteiger partial charge on any atom is -0.493 e. The molecule has 0 saturated carbocycles. The van der Waals surface area contributed by atoms with Gasteiger partial charge in [-0.25, -0.2) is 0 Å². The van der Waals surface area contributed by atoms with Crippen LogP contribution >= 0.6 is 0 Å². The molecule has 2 rings (SSSR count). The molecule has 2 aromatic rings. The third-order valence-corrected chi connectivity index (χ3v) is 3.66. The van der Waals surface area contributed by atoms with Crippen LogP contribution in [0.3, 0.4) is 0 Å². The molecule has 21 heavy (non-hydrogen) atoms. The van der Waals surface area contributed by atoms with Gasteiger partial charge >= 0.3 is 0 Å². The lowest BCUT2D eigenvalue weighted by atomic mass is 10.1. The van der Waals surface area contributed by atoms with Gasteiger partial charge in [-0.3, -0.25) is 4.68 Å². The summed E-state index contributed by atoms with van der Waals surface area (Å²) in [6.45, 7) is 3.04. The molecule has 1 aromatic carbocycles. The van der Waals surface area contributed by atoms with E-state index in [-0.39, 0.29) is 6.04 Å². The van der Waals surface area contributed by atoms with Gasteiger partial charge in [0, 0.05) is 37.9 Å². The smallest absolute Gasteiger partial charge is 0.161 e. The Morgan fingerprint density at radius 2 is 1.95 bits per heavy atom. The second-order valence-electron chi connectivity index (χ2n) is 4.99. The van der Waals surface area contributed by atoms with Gasteiger partial charge in [0.1, 0.15) is 0 Å². The zero-order valence-electron chi connectivity index (χ0n) is 13.1. The van der Waals surface area contributed by atoms with Crippen LogP contribution in [0.5, 0.6) is 11.5 Å². The first-order chi connectivity index (χ1) is 10.2. The molecule has 0 saturated heterocycles. The molecule has 0 bridgehead atoms. The van der Waals surface area contributed by atoms with Gasteiger partial charge in [-0.2, -0.15) is 5.10 Å². The Kier molecular flexibility index (Phi) is 5.22. The standard InChI is InChI=1S/C16H23N3O2/c1-12(17-9-7-14-8-10-18-19(14)2)13-5-6-15(20-3)16(11-13)21-4/h5-6,8,10-12,17H,7,9H2,1-4H3. The number of rotatable bonds is 7. The molecule has 1 N–H and O–H groups in total. The molecule has 0 aliphatic rings. The molecule has 1 unspecified atom stereocenters. The van der Waals surface area contributed by atoms with Gasteiger partial charge in [0.25, 0.3) is 0 Å². The number of hydrogen-bond donors (Lipinski definition) is 1. The summed E-state index contributed by atoms with van der Waals surface area (Å²) in [5, 5.41) is 7.69. The monoisotopic (exact) mass is 289 g/mol. The van der Waals surface area contributed by atoms with Crippen LogP contribution in [-0.4, -0.2) is 30.5 Å². The maximum atomic E-state index is 5.34. The Labute approximate surface area is 125 Å². The molecule has 1 aromatic heterocycles. The maximum Gasteiger partial charge on any atom is 0.161 e. The summed E-state index contributed by atoms with van der Waals surface area (Å²) in [5.74, 6) is 1.51. The first kappa shape index (κ1) is 15.4. The SMILES string of the molecule is COc1ccc(C(C)NCCc2ccnn2C)cc1OC. The number of hydrogen-bond acceptors (Lipinski definition) is 4. The summed E-state index contributed by atoms with van der Waals surface area (Å²) in [6.07, 6.45) is 2.78. The summed E-state index contributed by atoms with van der Waals surface area (Å²) < 4.78 is 12.5. The van der Waals surface area contributed by atoms with E-state index in [0.29, 0.717) is 0 Å². The lowest BCUT2D eigenvalue weighted by Gasteiger charge is -2.16. The minimum absolute atomic E-state index is 0.248. The van der Waals surface area contributed by atoms with Crippen molar-refractivity contribution in [3.8, 4) is 11.5 Å². The summed E-state index contributed by atoms with van der Waals surface area (Å²) in [5.41, 5.74) is 2.40. The molecule has 1 atom stereocenters. The number of nitrogens with zero attached hydrogens (tertiary/aromatic N) is 2. The van der Waals surface area contributed by atoms with Crippen LogP contribution < -0.4 is 14.8 Å². The van der Waals surface area contributed by atoms with E-state index in [1.165, 1.54) is 11.3 Å². The predicted molar refractivity (Wildman–Crippen MR) is 82.9 cm³/mol. The summed E-state index contributed by atoms with van der Waals surface area (Å²) in [4.78, 5) is 0. The molecule has 1 heterocycles. The normalized spacial score (nSPS) is 12.2. The average Bonchev–Trinajstić information content (AvgIpc) is 2.91.